The van der Waals surface area contributed by atoms with Gasteiger partial charge in [0.05, 0.1) is 6.10 Å². The Morgan fingerprint density at radius 1 is 1.45 bits per heavy atom. The number of amides is 1. The van der Waals surface area contributed by atoms with E-state index in [0.29, 0.717) is 5.89 Å². The van der Waals surface area contributed by atoms with Crippen LogP contribution in [0.15, 0.2) is 10.9 Å². The molecule has 1 amide bonds. The minimum Gasteiger partial charge on any atom is -0.444 e. The molecule has 1 aromatic rings. The van der Waals surface area contributed by atoms with Crippen LogP contribution in [0.25, 0.3) is 0 Å². The van der Waals surface area contributed by atoms with Crippen LogP contribution in [0.5, 0.6) is 0 Å². The number of carbonyl (C=O) groups excluding carboxylic acids is 1. The molecular weight excluding hydrogens is 262 g/mol. The number of aromatic nitrogens is 2. The first kappa shape index (κ1) is 14.8. The standard InChI is InChI=1S/C13H21N3O4/c1-8-9(10-14-7-15-20-10)16(13(5,6)18-8)11(17)19-12(2,3)4/h7-9H,1-6H3. The predicted octanol–water partition coefficient (Wildman–Crippen LogP) is 2.50. The summed E-state index contributed by atoms with van der Waals surface area (Å²) in [5, 5.41) is 3.60. The van der Waals surface area contributed by atoms with E-state index in [-0.39, 0.29) is 6.10 Å². The van der Waals surface area contributed by atoms with Gasteiger partial charge in [-0.3, -0.25) is 4.90 Å². The van der Waals surface area contributed by atoms with Crippen molar-refractivity contribution < 1.29 is 18.8 Å². The molecule has 1 fully saturated rings. The topological polar surface area (TPSA) is 77.7 Å². The molecule has 0 saturated carbocycles. The second-order valence-corrected chi connectivity index (χ2v) is 6.34. The lowest BCUT2D eigenvalue weighted by Gasteiger charge is -2.33. The van der Waals surface area contributed by atoms with Crippen LogP contribution in [0.4, 0.5) is 4.79 Å². The Morgan fingerprint density at radius 3 is 2.60 bits per heavy atom. The molecule has 112 valence electrons. The molecule has 1 aromatic heterocycles. The van der Waals surface area contributed by atoms with Gasteiger partial charge in [0.25, 0.3) is 5.89 Å². The van der Waals surface area contributed by atoms with E-state index in [0.717, 1.165) is 0 Å². The molecule has 2 rings (SSSR count). The summed E-state index contributed by atoms with van der Waals surface area (Å²) in [5.41, 5.74) is -1.39. The second kappa shape index (κ2) is 4.73. The number of nitrogens with zero attached hydrogens (tertiary/aromatic N) is 3. The first-order valence-corrected chi connectivity index (χ1v) is 6.58. The maximum Gasteiger partial charge on any atom is 0.413 e. The molecule has 2 atom stereocenters. The fraction of sp³-hybridized carbons (Fsp3) is 0.769. The Balaban J connectivity index is 2.32. The molecule has 0 spiro atoms. The highest BCUT2D eigenvalue weighted by Gasteiger charge is 2.52. The fourth-order valence-electron chi connectivity index (χ4n) is 2.39. The first-order valence-electron chi connectivity index (χ1n) is 6.58. The zero-order valence-electron chi connectivity index (χ0n) is 12.7. The molecule has 1 saturated heterocycles. The normalized spacial score (nSPS) is 25.8. The van der Waals surface area contributed by atoms with Gasteiger partial charge in [-0.15, -0.1) is 0 Å². The lowest BCUT2D eigenvalue weighted by atomic mass is 10.1. The third-order valence-electron chi connectivity index (χ3n) is 3.00. The van der Waals surface area contributed by atoms with Gasteiger partial charge in [0.2, 0.25) is 0 Å². The zero-order chi connectivity index (χ0) is 15.1. The van der Waals surface area contributed by atoms with E-state index < -0.39 is 23.5 Å². The van der Waals surface area contributed by atoms with Crippen LogP contribution in [0, 0.1) is 0 Å². The second-order valence-electron chi connectivity index (χ2n) is 6.34. The molecule has 2 unspecified atom stereocenters. The van der Waals surface area contributed by atoms with Crippen LogP contribution in [-0.4, -0.2) is 38.6 Å². The van der Waals surface area contributed by atoms with E-state index in [1.807, 2.05) is 41.5 Å². The van der Waals surface area contributed by atoms with E-state index in [1.165, 1.54) is 11.2 Å². The summed E-state index contributed by atoms with van der Waals surface area (Å²) in [7, 11) is 0. The van der Waals surface area contributed by atoms with Crippen LogP contribution < -0.4 is 0 Å². The van der Waals surface area contributed by atoms with E-state index in [9.17, 15) is 4.79 Å². The lowest BCUT2D eigenvalue weighted by molar-refractivity contribution is -0.0760. The Labute approximate surface area is 118 Å². The van der Waals surface area contributed by atoms with Gasteiger partial charge in [-0.1, -0.05) is 5.16 Å². The summed E-state index contributed by atoms with van der Waals surface area (Å²) in [4.78, 5) is 18.0. The van der Waals surface area contributed by atoms with Gasteiger partial charge >= 0.3 is 6.09 Å². The van der Waals surface area contributed by atoms with E-state index >= 15 is 0 Å². The third-order valence-corrected chi connectivity index (χ3v) is 3.00. The lowest BCUT2D eigenvalue weighted by Crippen LogP contribution is -2.47. The number of rotatable bonds is 1. The van der Waals surface area contributed by atoms with Crippen molar-refractivity contribution in [2.75, 3.05) is 0 Å². The number of carbonyl (C=O) groups is 1. The maximum absolute atomic E-state index is 12.5. The molecule has 0 aliphatic carbocycles. The summed E-state index contributed by atoms with van der Waals surface area (Å²) >= 11 is 0. The molecule has 7 heteroatoms. The average molecular weight is 283 g/mol. The van der Waals surface area contributed by atoms with E-state index in [4.69, 9.17) is 14.0 Å². The molecule has 0 N–H and O–H groups in total. The van der Waals surface area contributed by atoms with Gasteiger partial charge in [0.1, 0.15) is 17.4 Å². The summed E-state index contributed by atoms with van der Waals surface area (Å²) in [6.45, 7) is 10.9. The summed E-state index contributed by atoms with van der Waals surface area (Å²) < 4.78 is 16.4. The maximum atomic E-state index is 12.5. The average Bonchev–Trinajstić information content (AvgIpc) is 2.80. The molecule has 7 nitrogen and oxygen atoms in total. The molecule has 1 aliphatic rings. The molecule has 20 heavy (non-hydrogen) atoms. The predicted molar refractivity (Wildman–Crippen MR) is 69.7 cm³/mol. The summed E-state index contributed by atoms with van der Waals surface area (Å²) in [5.74, 6) is 0.342. The van der Waals surface area contributed by atoms with Crippen molar-refractivity contribution in [3.05, 3.63) is 12.2 Å². The van der Waals surface area contributed by atoms with E-state index in [1.54, 1.807) is 0 Å². The van der Waals surface area contributed by atoms with Crippen molar-refractivity contribution in [1.29, 1.82) is 0 Å². The van der Waals surface area contributed by atoms with Gasteiger partial charge in [-0.2, -0.15) is 4.98 Å². The van der Waals surface area contributed by atoms with Crippen molar-refractivity contribution >= 4 is 6.09 Å². The smallest absolute Gasteiger partial charge is 0.413 e. The Hall–Kier alpha value is -1.63. The zero-order valence-corrected chi connectivity index (χ0v) is 12.7. The molecule has 1 aliphatic heterocycles. The molecule has 0 aromatic carbocycles. The SMILES string of the molecule is CC1OC(C)(C)N(C(=O)OC(C)(C)C)C1c1ncno1. The van der Waals surface area contributed by atoms with Crippen LogP contribution in [-0.2, 0) is 9.47 Å². The highest BCUT2D eigenvalue weighted by atomic mass is 16.6. The van der Waals surface area contributed by atoms with Gasteiger partial charge in [-0.05, 0) is 41.5 Å². The summed E-state index contributed by atoms with van der Waals surface area (Å²) in [6, 6.07) is -0.456. The van der Waals surface area contributed by atoms with Gasteiger partial charge in [-0.25, -0.2) is 4.79 Å². The van der Waals surface area contributed by atoms with Crippen molar-refractivity contribution in [3.63, 3.8) is 0 Å². The Kier molecular flexibility index (Phi) is 3.49. The quantitative estimate of drug-likeness (QED) is 0.788. The number of hydrogen-bond donors (Lipinski definition) is 0. The van der Waals surface area contributed by atoms with Crippen LogP contribution in [0.3, 0.4) is 0 Å². The van der Waals surface area contributed by atoms with Gasteiger partial charge in [0.15, 0.2) is 6.33 Å². The minimum atomic E-state index is -0.805. The number of ether oxygens (including phenoxy) is 2. The Bertz CT molecular complexity index is 478. The van der Waals surface area contributed by atoms with Gasteiger partial charge in [0, 0.05) is 0 Å². The summed E-state index contributed by atoms with van der Waals surface area (Å²) in [6.07, 6.45) is 0.578. The van der Waals surface area contributed by atoms with Crippen LogP contribution in [0.2, 0.25) is 0 Å². The van der Waals surface area contributed by atoms with Crippen molar-refractivity contribution in [1.82, 2.24) is 15.0 Å². The Morgan fingerprint density at radius 2 is 2.10 bits per heavy atom. The molecule has 0 bridgehead atoms. The fourth-order valence-corrected chi connectivity index (χ4v) is 2.39. The molecule has 2 heterocycles. The van der Waals surface area contributed by atoms with Crippen molar-refractivity contribution in [3.8, 4) is 0 Å². The largest absolute Gasteiger partial charge is 0.444 e. The first-order chi connectivity index (χ1) is 9.12. The highest BCUT2D eigenvalue weighted by molar-refractivity contribution is 5.70. The third kappa shape index (κ3) is 2.77. The highest BCUT2D eigenvalue weighted by Crippen LogP contribution is 2.41. The molecular formula is C13H21N3O4. The van der Waals surface area contributed by atoms with E-state index in [2.05, 4.69) is 10.1 Å². The molecule has 0 radical (unpaired) electrons. The van der Waals surface area contributed by atoms with Crippen LogP contribution >= 0.6 is 0 Å². The van der Waals surface area contributed by atoms with Crippen molar-refractivity contribution in [2.24, 2.45) is 0 Å². The van der Waals surface area contributed by atoms with Crippen LogP contribution in [0.1, 0.15) is 53.5 Å². The monoisotopic (exact) mass is 283 g/mol. The minimum absolute atomic E-state index is 0.266. The van der Waals surface area contributed by atoms with Crippen molar-refractivity contribution in [2.45, 2.75) is 65.0 Å². The van der Waals surface area contributed by atoms with Gasteiger partial charge < -0.3 is 14.0 Å². The number of hydrogen-bond acceptors (Lipinski definition) is 6.